The zero-order valence-electron chi connectivity index (χ0n) is 13.7. The number of rotatable bonds is 4. The van der Waals surface area contributed by atoms with E-state index >= 15 is 0 Å². The van der Waals surface area contributed by atoms with E-state index in [0.29, 0.717) is 12.4 Å². The van der Waals surface area contributed by atoms with Crippen molar-refractivity contribution in [3.8, 4) is 0 Å². The molecule has 6 heteroatoms. The molecule has 0 unspecified atom stereocenters. The number of nitrogens with zero attached hydrogens (tertiary/aromatic N) is 4. The summed E-state index contributed by atoms with van der Waals surface area (Å²) in [6.45, 7) is 8.00. The van der Waals surface area contributed by atoms with Crippen molar-refractivity contribution in [3.63, 3.8) is 0 Å². The second kappa shape index (κ2) is 6.27. The van der Waals surface area contributed by atoms with Crippen molar-refractivity contribution in [2.24, 2.45) is 0 Å². The summed E-state index contributed by atoms with van der Waals surface area (Å²) in [5.41, 5.74) is 13.9. The molecule has 1 aromatic carbocycles. The molecule has 0 saturated carbocycles. The van der Waals surface area contributed by atoms with Gasteiger partial charge in [-0.15, -0.1) is 0 Å². The van der Waals surface area contributed by atoms with Crippen LogP contribution >= 0.6 is 0 Å². The highest BCUT2D eigenvalue weighted by Crippen LogP contribution is 2.22. The lowest BCUT2D eigenvalue weighted by Gasteiger charge is -2.20. The fourth-order valence-corrected chi connectivity index (χ4v) is 2.25. The molecular formula is C16H24N6. The molecular weight excluding hydrogens is 276 g/mol. The Labute approximate surface area is 131 Å². The molecule has 0 aliphatic heterocycles. The molecule has 0 saturated heterocycles. The third-order valence-electron chi connectivity index (χ3n) is 3.40. The van der Waals surface area contributed by atoms with Crippen LogP contribution in [0.1, 0.15) is 37.7 Å². The highest BCUT2D eigenvalue weighted by molar-refractivity contribution is 5.28. The van der Waals surface area contributed by atoms with Crippen molar-refractivity contribution in [2.45, 2.75) is 39.3 Å². The summed E-state index contributed by atoms with van der Waals surface area (Å²) < 4.78 is 0. The highest BCUT2D eigenvalue weighted by Gasteiger charge is 2.13. The molecule has 22 heavy (non-hydrogen) atoms. The Bertz CT molecular complexity index is 610. The van der Waals surface area contributed by atoms with Gasteiger partial charge in [0.05, 0.1) is 6.54 Å². The minimum Gasteiger partial charge on any atom is -0.368 e. The Morgan fingerprint density at radius 1 is 0.909 bits per heavy atom. The van der Waals surface area contributed by atoms with E-state index in [4.69, 9.17) is 11.5 Å². The smallest absolute Gasteiger partial charge is 0.225 e. The zero-order chi connectivity index (χ0) is 16.3. The Hall–Kier alpha value is -2.21. The second-order valence-electron chi connectivity index (χ2n) is 6.59. The Morgan fingerprint density at radius 2 is 1.45 bits per heavy atom. The van der Waals surface area contributed by atoms with Gasteiger partial charge in [-0.05, 0) is 23.6 Å². The molecule has 118 valence electrons. The van der Waals surface area contributed by atoms with Crippen LogP contribution in [0.5, 0.6) is 0 Å². The third-order valence-corrected chi connectivity index (χ3v) is 3.40. The van der Waals surface area contributed by atoms with Crippen molar-refractivity contribution >= 4 is 11.9 Å². The van der Waals surface area contributed by atoms with Gasteiger partial charge in [-0.1, -0.05) is 45.0 Å². The molecule has 0 amide bonds. The lowest BCUT2D eigenvalue weighted by atomic mass is 9.87. The third kappa shape index (κ3) is 4.39. The molecule has 4 N–H and O–H groups in total. The quantitative estimate of drug-likeness (QED) is 0.896. The standard InChI is InChI=1S/C16H24N6/c1-16(2,3)12-7-5-11(6-8-12)9-22(4)10-13-19-14(17)21-15(18)20-13/h5-8H,9-10H2,1-4H3,(H4,17,18,19,20,21). The van der Waals surface area contributed by atoms with Crippen molar-refractivity contribution in [2.75, 3.05) is 18.5 Å². The Morgan fingerprint density at radius 3 is 1.95 bits per heavy atom. The molecule has 0 atom stereocenters. The normalized spacial score (nSPS) is 11.9. The first-order valence-corrected chi connectivity index (χ1v) is 7.28. The van der Waals surface area contributed by atoms with Crippen LogP contribution in [-0.4, -0.2) is 26.9 Å². The Kier molecular flexibility index (Phi) is 4.61. The van der Waals surface area contributed by atoms with Gasteiger partial charge in [0, 0.05) is 6.54 Å². The number of benzene rings is 1. The van der Waals surface area contributed by atoms with Crippen LogP contribution in [0.4, 0.5) is 11.9 Å². The van der Waals surface area contributed by atoms with E-state index in [0.717, 1.165) is 6.54 Å². The van der Waals surface area contributed by atoms with E-state index in [9.17, 15) is 0 Å². The summed E-state index contributed by atoms with van der Waals surface area (Å²) in [5.74, 6) is 0.898. The van der Waals surface area contributed by atoms with E-state index in [1.54, 1.807) is 0 Å². The van der Waals surface area contributed by atoms with Crippen LogP contribution in [0.3, 0.4) is 0 Å². The number of hydrogen-bond acceptors (Lipinski definition) is 6. The van der Waals surface area contributed by atoms with Crippen LogP contribution in [0, 0.1) is 0 Å². The monoisotopic (exact) mass is 300 g/mol. The van der Waals surface area contributed by atoms with Gasteiger partial charge in [0.2, 0.25) is 11.9 Å². The van der Waals surface area contributed by atoms with Crippen LogP contribution in [0.15, 0.2) is 24.3 Å². The van der Waals surface area contributed by atoms with E-state index in [-0.39, 0.29) is 17.3 Å². The fourth-order valence-electron chi connectivity index (χ4n) is 2.25. The van der Waals surface area contributed by atoms with E-state index in [2.05, 4.69) is 64.9 Å². The average molecular weight is 300 g/mol. The van der Waals surface area contributed by atoms with Gasteiger partial charge in [-0.2, -0.15) is 15.0 Å². The van der Waals surface area contributed by atoms with Crippen LogP contribution in [0.25, 0.3) is 0 Å². The number of nitrogen functional groups attached to an aromatic ring is 2. The first kappa shape index (κ1) is 16.2. The van der Waals surface area contributed by atoms with Gasteiger partial charge in [0.25, 0.3) is 0 Å². The molecule has 2 rings (SSSR count). The van der Waals surface area contributed by atoms with Gasteiger partial charge >= 0.3 is 0 Å². The second-order valence-corrected chi connectivity index (χ2v) is 6.59. The first-order valence-electron chi connectivity index (χ1n) is 7.28. The molecule has 1 heterocycles. The molecule has 0 spiro atoms. The van der Waals surface area contributed by atoms with Crippen molar-refractivity contribution in [3.05, 3.63) is 41.2 Å². The number of nitrogens with two attached hydrogens (primary N) is 2. The first-order chi connectivity index (χ1) is 10.2. The van der Waals surface area contributed by atoms with Gasteiger partial charge in [0.1, 0.15) is 5.82 Å². The maximum Gasteiger partial charge on any atom is 0.225 e. The molecule has 2 aromatic rings. The summed E-state index contributed by atoms with van der Waals surface area (Å²) in [6.07, 6.45) is 0. The van der Waals surface area contributed by atoms with Gasteiger partial charge in [0.15, 0.2) is 0 Å². The summed E-state index contributed by atoms with van der Waals surface area (Å²) in [4.78, 5) is 14.1. The van der Waals surface area contributed by atoms with Crippen molar-refractivity contribution < 1.29 is 0 Å². The fraction of sp³-hybridized carbons (Fsp3) is 0.438. The predicted molar refractivity (Wildman–Crippen MR) is 89.0 cm³/mol. The summed E-state index contributed by atoms with van der Waals surface area (Å²) in [5, 5.41) is 0. The minimum absolute atomic E-state index is 0.158. The Balaban J connectivity index is 2.01. The number of hydrogen-bond donors (Lipinski definition) is 2. The molecule has 0 aliphatic carbocycles. The van der Waals surface area contributed by atoms with E-state index < -0.39 is 0 Å². The minimum atomic E-state index is 0.158. The lowest BCUT2D eigenvalue weighted by molar-refractivity contribution is 0.310. The molecule has 0 radical (unpaired) electrons. The number of anilines is 2. The molecule has 0 aliphatic rings. The van der Waals surface area contributed by atoms with Crippen molar-refractivity contribution in [1.29, 1.82) is 0 Å². The zero-order valence-corrected chi connectivity index (χ0v) is 13.7. The molecule has 0 fully saturated rings. The van der Waals surface area contributed by atoms with Gasteiger partial charge in [-0.3, -0.25) is 4.90 Å². The summed E-state index contributed by atoms with van der Waals surface area (Å²) in [7, 11) is 2.01. The maximum atomic E-state index is 5.58. The molecule has 0 bridgehead atoms. The molecule has 1 aromatic heterocycles. The highest BCUT2D eigenvalue weighted by atomic mass is 15.2. The van der Waals surface area contributed by atoms with Crippen LogP contribution < -0.4 is 11.5 Å². The topological polar surface area (TPSA) is 94.0 Å². The molecule has 6 nitrogen and oxygen atoms in total. The lowest BCUT2D eigenvalue weighted by Crippen LogP contribution is -2.20. The van der Waals surface area contributed by atoms with Gasteiger partial charge in [-0.25, -0.2) is 0 Å². The van der Waals surface area contributed by atoms with E-state index in [1.165, 1.54) is 11.1 Å². The van der Waals surface area contributed by atoms with Crippen LogP contribution in [0.2, 0.25) is 0 Å². The maximum absolute atomic E-state index is 5.58. The van der Waals surface area contributed by atoms with Gasteiger partial charge < -0.3 is 11.5 Å². The predicted octanol–water partition coefficient (Wildman–Crippen LogP) is 1.97. The van der Waals surface area contributed by atoms with Crippen molar-refractivity contribution in [1.82, 2.24) is 19.9 Å². The summed E-state index contributed by atoms with van der Waals surface area (Å²) in [6, 6.07) is 8.69. The van der Waals surface area contributed by atoms with E-state index in [1.807, 2.05) is 7.05 Å². The van der Waals surface area contributed by atoms with Crippen LogP contribution in [-0.2, 0) is 18.5 Å². The largest absolute Gasteiger partial charge is 0.368 e. The number of aromatic nitrogens is 3. The average Bonchev–Trinajstić information content (AvgIpc) is 2.36. The SMILES string of the molecule is CN(Cc1ccc(C(C)(C)C)cc1)Cc1nc(N)nc(N)n1. The summed E-state index contributed by atoms with van der Waals surface area (Å²) >= 11 is 0.